The average Bonchev–Trinajstić information content (AvgIpc) is 3.62. The molecule has 0 radical (unpaired) electrons. The largest absolute Gasteiger partial charge is 0.444 e. The molecule has 2 aromatic carbocycles. The number of ether oxygens (including phenoxy) is 1. The summed E-state index contributed by atoms with van der Waals surface area (Å²) in [6.07, 6.45) is 2.86. The number of likely N-dealkylation sites (tertiary alicyclic amines) is 1. The molecule has 1 aliphatic carbocycles. The minimum absolute atomic E-state index is 0.0789. The highest BCUT2D eigenvalue weighted by atomic mass is 16.6. The van der Waals surface area contributed by atoms with Gasteiger partial charge in [0, 0.05) is 35.3 Å². The lowest BCUT2D eigenvalue weighted by Gasteiger charge is -2.33. The van der Waals surface area contributed by atoms with E-state index in [4.69, 9.17) is 15.6 Å². The van der Waals surface area contributed by atoms with Gasteiger partial charge in [-0.05, 0) is 57.9 Å². The molecule has 1 aliphatic heterocycles. The number of fused-ring (bicyclic) bond motifs is 3. The van der Waals surface area contributed by atoms with Gasteiger partial charge in [-0.25, -0.2) is 19.4 Å². The molecule has 2 bridgehead atoms. The number of aromatic nitrogens is 4. The van der Waals surface area contributed by atoms with Crippen molar-refractivity contribution in [2.75, 3.05) is 17.6 Å². The van der Waals surface area contributed by atoms with Crippen LogP contribution in [0.25, 0.3) is 22.3 Å². The van der Waals surface area contributed by atoms with E-state index in [1.54, 1.807) is 12.1 Å². The van der Waals surface area contributed by atoms with Crippen LogP contribution in [0.3, 0.4) is 0 Å². The molecule has 3 N–H and O–H groups in total. The van der Waals surface area contributed by atoms with E-state index >= 15 is 0 Å². The van der Waals surface area contributed by atoms with E-state index in [9.17, 15) is 9.59 Å². The van der Waals surface area contributed by atoms with Crippen LogP contribution in [0.2, 0.25) is 0 Å². The summed E-state index contributed by atoms with van der Waals surface area (Å²) in [5.74, 6) is 0.395. The van der Waals surface area contributed by atoms with Gasteiger partial charge in [0.2, 0.25) is 0 Å². The lowest BCUT2D eigenvalue weighted by Crippen LogP contribution is -2.43. The molecule has 200 valence electrons. The Balaban J connectivity index is 1.27. The number of nitrogens with two attached hydrogens (primary N) is 1. The van der Waals surface area contributed by atoms with Crippen LogP contribution in [0.4, 0.5) is 16.3 Å². The number of hydrogen-bond acceptors (Lipinski definition) is 7. The fourth-order valence-electron chi connectivity index (χ4n) is 5.70. The summed E-state index contributed by atoms with van der Waals surface area (Å²) < 4.78 is 7.58. The molecular weight excluding hydrogens is 494 g/mol. The summed E-state index contributed by atoms with van der Waals surface area (Å²) in [5.41, 5.74) is 9.22. The third-order valence-corrected chi connectivity index (χ3v) is 7.42. The van der Waals surface area contributed by atoms with E-state index < -0.39 is 5.60 Å². The molecule has 1 saturated carbocycles. The van der Waals surface area contributed by atoms with Crippen LogP contribution in [-0.2, 0) is 4.74 Å². The van der Waals surface area contributed by atoms with Crippen molar-refractivity contribution in [2.24, 2.45) is 5.92 Å². The number of amides is 2. The third kappa shape index (κ3) is 4.67. The second kappa shape index (κ2) is 9.37. The highest BCUT2D eigenvalue weighted by molar-refractivity contribution is 6.05. The molecule has 10 heteroatoms. The lowest BCUT2D eigenvalue weighted by molar-refractivity contribution is 0.0163. The molecule has 2 aliphatic rings. The zero-order valence-electron chi connectivity index (χ0n) is 22.2. The number of nitrogens with zero attached hydrogens (tertiary/aromatic N) is 5. The van der Waals surface area contributed by atoms with Crippen molar-refractivity contribution >= 4 is 34.5 Å². The minimum atomic E-state index is -0.530. The van der Waals surface area contributed by atoms with E-state index in [1.807, 2.05) is 72.8 Å². The van der Waals surface area contributed by atoms with Gasteiger partial charge in [-0.3, -0.25) is 4.79 Å². The molecule has 2 fully saturated rings. The van der Waals surface area contributed by atoms with Gasteiger partial charge < -0.3 is 20.7 Å². The number of rotatable bonds is 4. The molecule has 3 unspecified atom stereocenters. The number of carbonyl (C=O) groups excluding carboxylic acids is 2. The summed E-state index contributed by atoms with van der Waals surface area (Å²) in [6, 6.07) is 16.8. The van der Waals surface area contributed by atoms with Crippen molar-refractivity contribution < 1.29 is 14.3 Å². The summed E-state index contributed by atoms with van der Waals surface area (Å²) in [6.45, 7) is 6.26. The van der Waals surface area contributed by atoms with Gasteiger partial charge in [0.15, 0.2) is 5.65 Å². The van der Waals surface area contributed by atoms with E-state index in [-0.39, 0.29) is 30.0 Å². The summed E-state index contributed by atoms with van der Waals surface area (Å²) in [7, 11) is 0. The number of benzene rings is 2. The van der Waals surface area contributed by atoms with Crippen LogP contribution in [0.1, 0.15) is 50.0 Å². The maximum atomic E-state index is 12.7. The zero-order valence-corrected chi connectivity index (χ0v) is 22.2. The summed E-state index contributed by atoms with van der Waals surface area (Å²) in [4.78, 5) is 36.1. The second-order valence-electron chi connectivity index (χ2n) is 11.2. The molecule has 39 heavy (non-hydrogen) atoms. The topological polar surface area (TPSA) is 128 Å². The Bertz CT molecular complexity index is 1540. The molecule has 10 nitrogen and oxygen atoms in total. The van der Waals surface area contributed by atoms with E-state index in [0.29, 0.717) is 34.7 Å². The van der Waals surface area contributed by atoms with Crippen molar-refractivity contribution in [1.82, 2.24) is 24.6 Å². The Morgan fingerprint density at radius 2 is 1.77 bits per heavy atom. The summed E-state index contributed by atoms with van der Waals surface area (Å²) >= 11 is 0. The second-order valence-corrected chi connectivity index (χ2v) is 11.2. The van der Waals surface area contributed by atoms with Crippen LogP contribution in [0.15, 0.2) is 60.9 Å². The van der Waals surface area contributed by atoms with Crippen molar-refractivity contribution in [2.45, 2.75) is 51.3 Å². The van der Waals surface area contributed by atoms with E-state index in [0.717, 1.165) is 24.1 Å². The van der Waals surface area contributed by atoms with Crippen molar-refractivity contribution in [3.05, 3.63) is 66.5 Å². The highest BCUT2D eigenvalue weighted by Gasteiger charge is 2.49. The maximum absolute atomic E-state index is 12.7. The fourth-order valence-corrected chi connectivity index (χ4v) is 5.70. The normalized spacial score (nSPS) is 20.4. The molecular formula is C29H31N7O3. The first-order valence-corrected chi connectivity index (χ1v) is 13.1. The smallest absolute Gasteiger partial charge is 0.410 e. The standard InChI is InChI=1S/C29H31N7O3/c1-29(2,3)39-28(38)35-15-19-13-21(35)14-22(19)36-26-23(25(30)31-16-32-26)24(34-36)17-9-11-18(12-10-17)27(37)33-20-7-5-4-6-8-20/h4-12,16,19,21-22H,13-15H2,1-3H3,(H,33,37)(H2,30,31,32). The van der Waals surface area contributed by atoms with Gasteiger partial charge in [0.1, 0.15) is 23.4 Å². The van der Waals surface area contributed by atoms with Gasteiger partial charge in [-0.1, -0.05) is 30.3 Å². The minimum Gasteiger partial charge on any atom is -0.444 e. The number of nitrogens with one attached hydrogen (secondary N) is 1. The van der Waals surface area contributed by atoms with Gasteiger partial charge in [0.25, 0.3) is 5.91 Å². The molecule has 6 rings (SSSR count). The number of nitrogen functional groups attached to an aromatic ring is 1. The Labute approximate surface area is 226 Å². The number of carbonyl (C=O) groups is 2. The average molecular weight is 526 g/mol. The first-order chi connectivity index (χ1) is 18.7. The van der Waals surface area contributed by atoms with Gasteiger partial charge in [-0.2, -0.15) is 5.10 Å². The first-order valence-electron chi connectivity index (χ1n) is 13.1. The molecule has 4 aromatic rings. The molecule has 0 spiro atoms. The van der Waals surface area contributed by atoms with Crippen LogP contribution in [0.5, 0.6) is 0 Å². The molecule has 2 amide bonds. The Morgan fingerprint density at radius 1 is 1.03 bits per heavy atom. The Morgan fingerprint density at radius 3 is 2.44 bits per heavy atom. The number of piperidine rings is 1. The van der Waals surface area contributed by atoms with Crippen LogP contribution in [-0.4, -0.2) is 54.8 Å². The molecule has 1 saturated heterocycles. The molecule has 3 heterocycles. The monoisotopic (exact) mass is 525 g/mol. The first kappa shape index (κ1) is 24.8. The third-order valence-electron chi connectivity index (χ3n) is 7.42. The molecule has 3 atom stereocenters. The fraction of sp³-hybridized carbons (Fsp3) is 0.345. The Hall–Kier alpha value is -4.47. The van der Waals surface area contributed by atoms with E-state index in [1.165, 1.54) is 6.33 Å². The summed E-state index contributed by atoms with van der Waals surface area (Å²) in [5, 5.41) is 8.58. The van der Waals surface area contributed by atoms with Crippen molar-refractivity contribution in [1.29, 1.82) is 0 Å². The molecule has 2 aromatic heterocycles. The van der Waals surface area contributed by atoms with E-state index in [2.05, 4.69) is 15.3 Å². The highest BCUT2D eigenvalue weighted by Crippen LogP contribution is 2.47. The maximum Gasteiger partial charge on any atom is 0.410 e. The predicted octanol–water partition coefficient (Wildman–Crippen LogP) is 4.90. The van der Waals surface area contributed by atoms with Gasteiger partial charge in [0.05, 0.1) is 11.4 Å². The van der Waals surface area contributed by atoms with Crippen molar-refractivity contribution in [3.8, 4) is 11.3 Å². The quantitative estimate of drug-likeness (QED) is 0.388. The number of para-hydroxylation sites is 1. The SMILES string of the molecule is CC(C)(C)OC(=O)N1CC2CC1CC2n1nc(-c2ccc(C(=O)Nc3ccccc3)cc2)c2c(N)ncnc21. The van der Waals surface area contributed by atoms with Crippen LogP contribution < -0.4 is 11.1 Å². The van der Waals surface area contributed by atoms with Crippen molar-refractivity contribution in [3.63, 3.8) is 0 Å². The lowest BCUT2D eigenvalue weighted by atomic mass is 10.0. The number of anilines is 2. The van der Waals surface area contributed by atoms with Gasteiger partial charge >= 0.3 is 6.09 Å². The van der Waals surface area contributed by atoms with Crippen LogP contribution in [0, 0.1) is 5.92 Å². The Kier molecular flexibility index (Phi) is 5.97. The predicted molar refractivity (Wildman–Crippen MR) is 148 cm³/mol. The zero-order chi connectivity index (χ0) is 27.3. The number of hydrogen-bond donors (Lipinski definition) is 2. The van der Waals surface area contributed by atoms with Crippen LogP contribution >= 0.6 is 0 Å². The van der Waals surface area contributed by atoms with Gasteiger partial charge in [-0.15, -0.1) is 0 Å².